The predicted molar refractivity (Wildman–Crippen MR) is 99.4 cm³/mol. The Kier molecular flexibility index (Phi) is 5.36. The lowest BCUT2D eigenvalue weighted by Gasteiger charge is -2.10. The molecular formula is C19H18ClN3O2. The van der Waals surface area contributed by atoms with Crippen LogP contribution >= 0.6 is 11.6 Å². The van der Waals surface area contributed by atoms with Crippen molar-refractivity contribution in [3.05, 3.63) is 65.3 Å². The Bertz CT molecular complexity index is 854. The first kappa shape index (κ1) is 17.0. The number of ether oxygens (including phenoxy) is 2. The van der Waals surface area contributed by atoms with Crippen molar-refractivity contribution in [2.75, 3.05) is 19.5 Å². The highest BCUT2D eigenvalue weighted by Crippen LogP contribution is 2.31. The van der Waals surface area contributed by atoms with E-state index in [-0.39, 0.29) is 0 Å². The van der Waals surface area contributed by atoms with Gasteiger partial charge in [-0.15, -0.1) is 0 Å². The molecule has 1 aromatic heterocycles. The number of halogens is 1. The van der Waals surface area contributed by atoms with E-state index in [0.717, 1.165) is 21.8 Å². The maximum atomic E-state index is 5.90. The summed E-state index contributed by atoms with van der Waals surface area (Å²) in [6, 6.07) is 15.2. The van der Waals surface area contributed by atoms with Gasteiger partial charge in [0.15, 0.2) is 11.5 Å². The van der Waals surface area contributed by atoms with Crippen molar-refractivity contribution >= 4 is 17.5 Å². The molecule has 1 heterocycles. The van der Waals surface area contributed by atoms with Crippen LogP contribution < -0.4 is 14.8 Å². The summed E-state index contributed by atoms with van der Waals surface area (Å²) in [4.78, 5) is 8.83. The van der Waals surface area contributed by atoms with Crippen molar-refractivity contribution in [1.82, 2.24) is 9.97 Å². The molecular weight excluding hydrogens is 338 g/mol. The predicted octanol–water partition coefficient (Wildman–Crippen LogP) is 4.43. The van der Waals surface area contributed by atoms with Gasteiger partial charge in [0.1, 0.15) is 0 Å². The normalized spacial score (nSPS) is 10.4. The largest absolute Gasteiger partial charge is 0.493 e. The molecule has 0 aliphatic rings. The van der Waals surface area contributed by atoms with Crippen molar-refractivity contribution in [3.8, 4) is 22.8 Å². The summed E-state index contributed by atoms with van der Waals surface area (Å²) in [5.41, 5.74) is 2.83. The highest BCUT2D eigenvalue weighted by atomic mass is 35.5. The van der Waals surface area contributed by atoms with Gasteiger partial charge in [0, 0.05) is 23.3 Å². The molecule has 5 nitrogen and oxygen atoms in total. The highest BCUT2D eigenvalue weighted by Gasteiger charge is 2.08. The molecule has 0 saturated heterocycles. The number of aromatic nitrogens is 2. The maximum absolute atomic E-state index is 5.90. The molecule has 0 spiro atoms. The number of methoxy groups -OCH3 is 2. The van der Waals surface area contributed by atoms with Crippen LogP contribution in [0.3, 0.4) is 0 Å². The number of anilines is 1. The van der Waals surface area contributed by atoms with Crippen molar-refractivity contribution in [2.24, 2.45) is 0 Å². The van der Waals surface area contributed by atoms with Gasteiger partial charge < -0.3 is 14.8 Å². The minimum Gasteiger partial charge on any atom is -0.493 e. The standard InChI is InChI=1S/C19H18ClN3O2/c1-24-17-8-5-14(11-18(17)25-2)16-9-10-21-19(23-16)22-12-13-3-6-15(20)7-4-13/h3-11H,12H2,1-2H3,(H,21,22,23). The summed E-state index contributed by atoms with van der Waals surface area (Å²) >= 11 is 5.90. The molecule has 0 bridgehead atoms. The van der Waals surface area contributed by atoms with Crippen LogP contribution in [0.5, 0.6) is 11.5 Å². The second kappa shape index (κ2) is 7.85. The quantitative estimate of drug-likeness (QED) is 0.709. The summed E-state index contributed by atoms with van der Waals surface area (Å²) in [5, 5.41) is 3.94. The number of hydrogen-bond donors (Lipinski definition) is 1. The summed E-state index contributed by atoms with van der Waals surface area (Å²) < 4.78 is 10.6. The molecule has 0 amide bonds. The van der Waals surface area contributed by atoms with Crippen LogP contribution in [0.2, 0.25) is 5.02 Å². The molecule has 0 aliphatic carbocycles. The van der Waals surface area contributed by atoms with E-state index in [2.05, 4.69) is 15.3 Å². The smallest absolute Gasteiger partial charge is 0.223 e. The zero-order chi connectivity index (χ0) is 17.6. The van der Waals surface area contributed by atoms with Crippen LogP contribution in [0.25, 0.3) is 11.3 Å². The van der Waals surface area contributed by atoms with Gasteiger partial charge in [-0.1, -0.05) is 23.7 Å². The van der Waals surface area contributed by atoms with E-state index in [9.17, 15) is 0 Å². The molecule has 0 saturated carbocycles. The molecule has 0 unspecified atom stereocenters. The zero-order valence-electron chi connectivity index (χ0n) is 14.0. The van der Waals surface area contributed by atoms with Gasteiger partial charge in [-0.3, -0.25) is 0 Å². The van der Waals surface area contributed by atoms with Crippen LogP contribution in [0.4, 0.5) is 5.95 Å². The van der Waals surface area contributed by atoms with Gasteiger partial charge in [0.25, 0.3) is 0 Å². The molecule has 3 rings (SSSR count). The summed E-state index contributed by atoms with van der Waals surface area (Å²) in [6.45, 7) is 0.618. The zero-order valence-corrected chi connectivity index (χ0v) is 14.7. The number of benzene rings is 2. The fourth-order valence-electron chi connectivity index (χ4n) is 2.38. The van der Waals surface area contributed by atoms with Crippen LogP contribution in [0.15, 0.2) is 54.7 Å². The molecule has 0 radical (unpaired) electrons. The van der Waals surface area contributed by atoms with Gasteiger partial charge in [0.05, 0.1) is 19.9 Å². The Labute approximate surface area is 151 Å². The molecule has 25 heavy (non-hydrogen) atoms. The highest BCUT2D eigenvalue weighted by molar-refractivity contribution is 6.30. The lowest BCUT2D eigenvalue weighted by molar-refractivity contribution is 0.355. The Hall–Kier alpha value is -2.79. The lowest BCUT2D eigenvalue weighted by atomic mass is 10.1. The second-order valence-electron chi connectivity index (χ2n) is 5.32. The first-order chi connectivity index (χ1) is 12.2. The monoisotopic (exact) mass is 355 g/mol. The van der Waals surface area contributed by atoms with Crippen LogP contribution in [0.1, 0.15) is 5.56 Å². The van der Waals surface area contributed by atoms with Crippen molar-refractivity contribution in [3.63, 3.8) is 0 Å². The minimum atomic E-state index is 0.558. The van der Waals surface area contributed by atoms with E-state index < -0.39 is 0 Å². The van der Waals surface area contributed by atoms with E-state index in [4.69, 9.17) is 21.1 Å². The topological polar surface area (TPSA) is 56.3 Å². The first-order valence-electron chi connectivity index (χ1n) is 7.73. The fraction of sp³-hybridized carbons (Fsp3) is 0.158. The van der Waals surface area contributed by atoms with E-state index in [1.807, 2.05) is 48.5 Å². The third kappa shape index (κ3) is 4.19. The van der Waals surface area contributed by atoms with E-state index in [1.54, 1.807) is 20.4 Å². The Balaban J connectivity index is 1.78. The van der Waals surface area contributed by atoms with Gasteiger partial charge in [0.2, 0.25) is 5.95 Å². The van der Waals surface area contributed by atoms with E-state index in [0.29, 0.717) is 24.0 Å². The van der Waals surface area contributed by atoms with E-state index >= 15 is 0 Å². The van der Waals surface area contributed by atoms with Crippen LogP contribution in [-0.4, -0.2) is 24.2 Å². The number of rotatable bonds is 6. The Morgan fingerprint density at radius 3 is 2.44 bits per heavy atom. The third-order valence-electron chi connectivity index (χ3n) is 3.70. The molecule has 0 atom stereocenters. The van der Waals surface area contributed by atoms with Crippen molar-refractivity contribution in [2.45, 2.75) is 6.54 Å². The first-order valence-corrected chi connectivity index (χ1v) is 8.11. The number of nitrogens with zero attached hydrogens (tertiary/aromatic N) is 2. The third-order valence-corrected chi connectivity index (χ3v) is 3.95. The molecule has 1 N–H and O–H groups in total. The minimum absolute atomic E-state index is 0.558. The summed E-state index contributed by atoms with van der Waals surface area (Å²) in [6.07, 6.45) is 1.73. The molecule has 3 aromatic rings. The molecule has 6 heteroatoms. The fourth-order valence-corrected chi connectivity index (χ4v) is 2.51. The summed E-state index contributed by atoms with van der Waals surface area (Å²) in [7, 11) is 3.22. The second-order valence-corrected chi connectivity index (χ2v) is 5.75. The average molecular weight is 356 g/mol. The number of nitrogens with one attached hydrogen (secondary N) is 1. The van der Waals surface area contributed by atoms with Gasteiger partial charge in [-0.25, -0.2) is 9.97 Å². The van der Waals surface area contributed by atoms with Gasteiger partial charge >= 0.3 is 0 Å². The van der Waals surface area contributed by atoms with Crippen LogP contribution in [-0.2, 0) is 6.54 Å². The maximum Gasteiger partial charge on any atom is 0.223 e. The molecule has 2 aromatic carbocycles. The summed E-state index contributed by atoms with van der Waals surface area (Å²) in [5.74, 6) is 1.90. The SMILES string of the molecule is COc1ccc(-c2ccnc(NCc3ccc(Cl)cc3)n2)cc1OC. The molecule has 0 fully saturated rings. The van der Waals surface area contributed by atoms with Crippen LogP contribution in [0, 0.1) is 0 Å². The Morgan fingerprint density at radius 1 is 0.960 bits per heavy atom. The van der Waals surface area contributed by atoms with E-state index in [1.165, 1.54) is 0 Å². The average Bonchev–Trinajstić information content (AvgIpc) is 2.67. The van der Waals surface area contributed by atoms with Crippen molar-refractivity contribution < 1.29 is 9.47 Å². The van der Waals surface area contributed by atoms with Gasteiger partial charge in [-0.2, -0.15) is 0 Å². The molecule has 0 aliphatic heterocycles. The Morgan fingerprint density at radius 2 is 1.72 bits per heavy atom. The van der Waals surface area contributed by atoms with Gasteiger partial charge in [-0.05, 0) is 42.0 Å². The van der Waals surface area contributed by atoms with Crippen molar-refractivity contribution in [1.29, 1.82) is 0 Å². The number of hydrogen-bond acceptors (Lipinski definition) is 5. The molecule has 128 valence electrons. The lowest BCUT2D eigenvalue weighted by Crippen LogP contribution is -2.03.